The van der Waals surface area contributed by atoms with Gasteiger partial charge >= 0.3 is 0 Å². The van der Waals surface area contributed by atoms with Crippen LogP contribution in [0.5, 0.6) is 5.75 Å². The second-order valence-corrected chi connectivity index (χ2v) is 8.96. The van der Waals surface area contributed by atoms with Crippen LogP contribution >= 0.6 is 0 Å². The van der Waals surface area contributed by atoms with Gasteiger partial charge in [-0.05, 0) is 49.1 Å². The lowest BCUT2D eigenvalue weighted by Gasteiger charge is -2.30. The van der Waals surface area contributed by atoms with Crippen molar-refractivity contribution in [3.05, 3.63) is 29.3 Å². The number of hydrogen-bond acceptors (Lipinski definition) is 1. The highest BCUT2D eigenvalue weighted by Crippen LogP contribution is 2.36. The number of halogens is 3. The topological polar surface area (TPSA) is 9.23 Å². The quantitative estimate of drug-likeness (QED) is 0.336. The summed E-state index contributed by atoms with van der Waals surface area (Å²) in [7, 11) is 0. The summed E-state index contributed by atoms with van der Waals surface area (Å²) in [5.74, 6) is -0.481. The summed E-state index contributed by atoms with van der Waals surface area (Å²) >= 11 is 0. The number of rotatable bonds is 12. The molecule has 1 aromatic carbocycles. The van der Waals surface area contributed by atoms with Crippen LogP contribution in [0.15, 0.2) is 12.1 Å². The first-order chi connectivity index (χ1) is 13.9. The molecule has 4 heteroatoms. The number of benzene rings is 1. The Morgan fingerprint density at radius 3 is 2.14 bits per heavy atom. The molecule has 1 atom stereocenters. The maximum Gasteiger partial charge on any atom is 0.200 e. The highest BCUT2D eigenvalue weighted by molar-refractivity contribution is 5.31. The summed E-state index contributed by atoms with van der Waals surface area (Å²) in [5.41, 5.74) is -1.18. The average molecular weight is 413 g/mol. The molecule has 1 aromatic rings. The zero-order valence-corrected chi connectivity index (χ0v) is 18.5. The van der Waals surface area contributed by atoms with Crippen molar-refractivity contribution in [1.82, 2.24) is 0 Å². The SMILES string of the molecule is CCCC1CCC(CCCC(F)(CCC)COc2ccc(CC)c(F)c2F)CC1. The number of alkyl halides is 1. The summed E-state index contributed by atoms with van der Waals surface area (Å²) in [6.45, 7) is 5.75. The van der Waals surface area contributed by atoms with E-state index in [1.54, 1.807) is 6.92 Å². The van der Waals surface area contributed by atoms with Gasteiger partial charge in [0.1, 0.15) is 12.3 Å². The van der Waals surface area contributed by atoms with Crippen molar-refractivity contribution < 1.29 is 17.9 Å². The molecule has 1 aliphatic carbocycles. The highest BCUT2D eigenvalue weighted by atomic mass is 19.2. The smallest absolute Gasteiger partial charge is 0.200 e. The van der Waals surface area contributed by atoms with Gasteiger partial charge in [0.05, 0.1) is 0 Å². The van der Waals surface area contributed by atoms with Crippen molar-refractivity contribution in [3.63, 3.8) is 0 Å². The first kappa shape index (κ1) is 24.1. The van der Waals surface area contributed by atoms with Crippen molar-refractivity contribution in [2.24, 2.45) is 11.8 Å². The van der Waals surface area contributed by atoms with E-state index in [1.807, 2.05) is 6.92 Å². The maximum absolute atomic E-state index is 15.4. The molecule has 1 saturated carbocycles. The van der Waals surface area contributed by atoms with Crippen LogP contribution in [0.25, 0.3) is 0 Å². The van der Waals surface area contributed by atoms with Gasteiger partial charge in [-0.15, -0.1) is 0 Å². The fraction of sp³-hybridized carbons (Fsp3) is 0.760. The van der Waals surface area contributed by atoms with Gasteiger partial charge in [0.2, 0.25) is 5.82 Å². The van der Waals surface area contributed by atoms with Crippen molar-refractivity contribution in [2.45, 2.75) is 103 Å². The van der Waals surface area contributed by atoms with E-state index in [0.29, 0.717) is 37.2 Å². The van der Waals surface area contributed by atoms with E-state index in [0.717, 1.165) is 18.8 Å². The lowest BCUT2D eigenvalue weighted by atomic mass is 9.77. The number of ether oxygens (including phenoxy) is 1. The Morgan fingerprint density at radius 1 is 0.897 bits per heavy atom. The second-order valence-electron chi connectivity index (χ2n) is 8.96. The van der Waals surface area contributed by atoms with Crippen molar-refractivity contribution in [2.75, 3.05) is 6.61 Å². The van der Waals surface area contributed by atoms with Crippen molar-refractivity contribution >= 4 is 0 Å². The van der Waals surface area contributed by atoms with E-state index < -0.39 is 17.3 Å². The fourth-order valence-electron chi connectivity index (χ4n) is 4.81. The number of hydrogen-bond donors (Lipinski definition) is 0. The van der Waals surface area contributed by atoms with Crippen LogP contribution in [0.3, 0.4) is 0 Å². The Balaban J connectivity index is 1.84. The van der Waals surface area contributed by atoms with Crippen LogP contribution in [0.4, 0.5) is 13.2 Å². The van der Waals surface area contributed by atoms with E-state index in [1.165, 1.54) is 50.7 Å². The van der Waals surface area contributed by atoms with Crippen LogP contribution < -0.4 is 4.74 Å². The highest BCUT2D eigenvalue weighted by Gasteiger charge is 2.31. The fourth-order valence-corrected chi connectivity index (χ4v) is 4.81. The molecule has 0 aliphatic heterocycles. The first-order valence-corrected chi connectivity index (χ1v) is 11.7. The van der Waals surface area contributed by atoms with Gasteiger partial charge in [-0.25, -0.2) is 8.78 Å². The Morgan fingerprint density at radius 2 is 1.55 bits per heavy atom. The molecule has 0 bridgehead atoms. The average Bonchev–Trinajstić information content (AvgIpc) is 2.71. The molecule has 0 amide bonds. The summed E-state index contributed by atoms with van der Waals surface area (Å²) in [6.07, 6.45) is 11.6. The minimum Gasteiger partial charge on any atom is -0.487 e. The zero-order valence-electron chi connectivity index (χ0n) is 18.5. The van der Waals surface area contributed by atoms with Crippen LogP contribution in [-0.4, -0.2) is 12.3 Å². The van der Waals surface area contributed by atoms with Crippen LogP contribution in [0, 0.1) is 23.5 Å². The van der Waals surface area contributed by atoms with Crippen LogP contribution in [0.2, 0.25) is 0 Å². The van der Waals surface area contributed by atoms with Crippen LogP contribution in [-0.2, 0) is 6.42 Å². The molecule has 0 radical (unpaired) electrons. The Hall–Kier alpha value is -1.19. The van der Waals surface area contributed by atoms with Crippen LogP contribution in [0.1, 0.15) is 97.0 Å². The maximum atomic E-state index is 15.4. The molecule has 0 heterocycles. The van der Waals surface area contributed by atoms with Gasteiger partial charge < -0.3 is 4.74 Å². The van der Waals surface area contributed by atoms with Gasteiger partial charge in [-0.2, -0.15) is 4.39 Å². The molecule has 0 aromatic heterocycles. The van der Waals surface area contributed by atoms with Gasteiger partial charge in [0, 0.05) is 0 Å². The normalized spacial score (nSPS) is 21.7. The van der Waals surface area contributed by atoms with Crippen molar-refractivity contribution in [1.29, 1.82) is 0 Å². The summed E-state index contributed by atoms with van der Waals surface area (Å²) < 4.78 is 49.0. The molecule has 166 valence electrons. The standard InChI is InChI=1S/C25H39F3O/c1-4-8-19-10-12-20(13-11-19)9-7-17-25(28,16-5-2)18-29-22-15-14-21(6-3)23(26)24(22)27/h14-15,19-20H,4-13,16-18H2,1-3H3. The predicted molar refractivity (Wildman–Crippen MR) is 114 cm³/mol. The summed E-state index contributed by atoms with van der Waals surface area (Å²) in [5, 5.41) is 0. The molecular weight excluding hydrogens is 373 g/mol. The molecule has 29 heavy (non-hydrogen) atoms. The second kappa shape index (κ2) is 11.9. The monoisotopic (exact) mass is 412 g/mol. The molecule has 2 rings (SSSR count). The predicted octanol–water partition coefficient (Wildman–Crippen LogP) is 8.19. The minimum atomic E-state index is -1.49. The van der Waals surface area contributed by atoms with Gasteiger partial charge in [0.15, 0.2) is 11.6 Å². The largest absolute Gasteiger partial charge is 0.487 e. The van der Waals surface area contributed by atoms with Crippen molar-refractivity contribution in [3.8, 4) is 5.75 Å². The third-order valence-corrected chi connectivity index (χ3v) is 6.59. The van der Waals surface area contributed by atoms with E-state index >= 15 is 4.39 Å². The molecule has 0 N–H and O–H groups in total. The molecule has 0 saturated heterocycles. The molecular formula is C25H39F3O. The Labute approximate surface area is 175 Å². The minimum absolute atomic E-state index is 0.188. The third kappa shape index (κ3) is 7.22. The summed E-state index contributed by atoms with van der Waals surface area (Å²) in [4.78, 5) is 0. The Bertz CT molecular complexity index is 610. The van der Waals surface area contributed by atoms with E-state index in [9.17, 15) is 8.78 Å². The van der Waals surface area contributed by atoms with Gasteiger partial charge in [-0.3, -0.25) is 0 Å². The third-order valence-electron chi connectivity index (χ3n) is 6.59. The van der Waals surface area contributed by atoms with E-state index in [-0.39, 0.29) is 12.4 Å². The lowest BCUT2D eigenvalue weighted by molar-refractivity contribution is 0.0591. The lowest BCUT2D eigenvalue weighted by Crippen LogP contribution is -2.31. The first-order valence-electron chi connectivity index (χ1n) is 11.7. The molecule has 0 spiro atoms. The van der Waals surface area contributed by atoms with E-state index in [4.69, 9.17) is 4.74 Å². The molecule has 1 fully saturated rings. The summed E-state index contributed by atoms with van der Waals surface area (Å²) in [6, 6.07) is 2.93. The molecule has 1 nitrogen and oxygen atoms in total. The van der Waals surface area contributed by atoms with Gasteiger partial charge in [0.25, 0.3) is 0 Å². The Kier molecular flexibility index (Phi) is 9.85. The zero-order chi connectivity index (χ0) is 21.3. The van der Waals surface area contributed by atoms with E-state index in [2.05, 4.69) is 6.92 Å². The molecule has 1 unspecified atom stereocenters. The molecule has 1 aliphatic rings. The van der Waals surface area contributed by atoms with Gasteiger partial charge in [-0.1, -0.05) is 78.2 Å². The number of aryl methyl sites for hydroxylation is 1.